The van der Waals surface area contributed by atoms with E-state index in [9.17, 15) is 31.5 Å². The second-order valence-corrected chi connectivity index (χ2v) is 8.61. The molecule has 9 nitrogen and oxygen atoms in total. The zero-order valence-corrected chi connectivity index (χ0v) is 19.5. The molecule has 0 radical (unpaired) electrons. The van der Waals surface area contributed by atoms with Gasteiger partial charge >= 0.3 is 11.9 Å². The predicted molar refractivity (Wildman–Crippen MR) is 123 cm³/mol. The normalized spacial score (nSPS) is 12.4. The molecule has 0 aliphatic carbocycles. The van der Waals surface area contributed by atoms with Crippen molar-refractivity contribution in [3.8, 4) is 28.7 Å². The minimum Gasteiger partial charge on any atom is -0.302 e. The molecule has 4 aromatic rings. The Kier molecular flexibility index (Phi) is 6.25. The van der Waals surface area contributed by atoms with Crippen LogP contribution < -0.4 is 11.2 Å². The topological polar surface area (TPSA) is 123 Å². The van der Waals surface area contributed by atoms with Crippen LogP contribution in [0.2, 0.25) is 0 Å². The molecule has 0 aliphatic rings. The van der Waals surface area contributed by atoms with Crippen molar-refractivity contribution in [2.45, 2.75) is 18.0 Å². The molecule has 0 amide bonds. The van der Waals surface area contributed by atoms with Crippen molar-refractivity contribution < 1.29 is 21.9 Å². The van der Waals surface area contributed by atoms with Crippen molar-refractivity contribution in [3.63, 3.8) is 0 Å². The predicted octanol–water partition coefficient (Wildman–Crippen LogP) is 3.17. The Morgan fingerprint density at radius 1 is 1.08 bits per heavy atom. The summed E-state index contributed by atoms with van der Waals surface area (Å²) in [7, 11) is 1.15. The van der Waals surface area contributed by atoms with Gasteiger partial charge in [-0.2, -0.15) is 23.5 Å². The molecule has 2 aromatic carbocycles. The van der Waals surface area contributed by atoms with Crippen molar-refractivity contribution in [3.05, 3.63) is 92.4 Å². The molecule has 1 unspecified atom stereocenters. The van der Waals surface area contributed by atoms with Gasteiger partial charge in [-0.1, -0.05) is 6.07 Å². The number of aromatic nitrogens is 4. The fourth-order valence-electron chi connectivity index (χ4n) is 3.78. The Labute approximate surface area is 203 Å². The molecule has 4 rings (SSSR count). The van der Waals surface area contributed by atoms with Crippen LogP contribution in [-0.2, 0) is 24.3 Å². The first-order valence-corrected chi connectivity index (χ1v) is 11.3. The number of hydrogen-bond donors (Lipinski definition) is 1. The average Bonchev–Trinajstić information content (AvgIpc) is 3.27. The summed E-state index contributed by atoms with van der Waals surface area (Å²) in [4.78, 5) is 26.0. The fourth-order valence-corrected chi connectivity index (χ4v) is 4.27. The maximum atomic E-state index is 13.3. The third-order valence-electron chi connectivity index (χ3n) is 5.53. The van der Waals surface area contributed by atoms with E-state index >= 15 is 0 Å². The van der Waals surface area contributed by atoms with Crippen LogP contribution in [0.5, 0.6) is 0 Å². The van der Waals surface area contributed by atoms with Gasteiger partial charge in [-0.05, 0) is 49.4 Å². The molecule has 0 fully saturated rings. The highest BCUT2D eigenvalue weighted by atomic mass is 32.2. The lowest BCUT2D eigenvalue weighted by atomic mass is 10.1. The van der Waals surface area contributed by atoms with E-state index in [4.69, 9.17) is 5.26 Å². The number of halogens is 3. The second-order valence-electron chi connectivity index (χ2n) is 7.67. The molecule has 0 aliphatic heterocycles. The van der Waals surface area contributed by atoms with Crippen molar-refractivity contribution in [1.29, 1.82) is 5.26 Å². The van der Waals surface area contributed by atoms with Crippen molar-refractivity contribution in [2.24, 2.45) is 7.05 Å². The number of nitrogens with zero attached hydrogens (tertiary/aromatic N) is 5. The summed E-state index contributed by atoms with van der Waals surface area (Å²) >= 11 is -2.61. The smallest absolute Gasteiger partial charge is 0.302 e. The molecule has 184 valence electrons. The van der Waals surface area contributed by atoms with Gasteiger partial charge < -0.3 is 4.55 Å². The van der Waals surface area contributed by atoms with Crippen LogP contribution in [0.25, 0.3) is 22.6 Å². The molecule has 2 aromatic heterocycles. The molecule has 0 saturated carbocycles. The average molecular weight is 515 g/mol. The van der Waals surface area contributed by atoms with Crippen LogP contribution in [0.3, 0.4) is 0 Å². The lowest BCUT2D eigenvalue weighted by Crippen LogP contribution is -2.40. The monoisotopic (exact) mass is 515 g/mol. The van der Waals surface area contributed by atoms with Crippen LogP contribution in [0.1, 0.15) is 16.8 Å². The summed E-state index contributed by atoms with van der Waals surface area (Å²) in [6, 6.07) is 11.9. The second kappa shape index (κ2) is 9.06. The van der Waals surface area contributed by atoms with E-state index in [0.29, 0.717) is 15.8 Å². The molecule has 0 bridgehead atoms. The summed E-state index contributed by atoms with van der Waals surface area (Å²) in [6.45, 7) is 1.35. The highest BCUT2D eigenvalue weighted by Gasteiger charge is 2.31. The molecule has 0 saturated heterocycles. The molecule has 0 spiro atoms. The number of alkyl halides is 3. The lowest BCUT2D eigenvalue weighted by Gasteiger charge is -2.18. The Morgan fingerprint density at radius 2 is 1.75 bits per heavy atom. The highest BCUT2D eigenvalue weighted by Crippen LogP contribution is 2.32. The summed E-state index contributed by atoms with van der Waals surface area (Å²) in [6.07, 6.45) is -3.60. The standard InChI is InChI=1S/C23H16F3N5O4S/c1-13-19(20-18(36(34)35)12-28-31(20)16-8-6-14(11-27)7-9-16)21(32)29(2)22(33)30(13)17-5-3-4-15(10-17)23(24,25)26/h3-10,12H,1-2H3,(H,34,35). The summed E-state index contributed by atoms with van der Waals surface area (Å²) in [5.74, 6) is 0. The quantitative estimate of drug-likeness (QED) is 0.417. The minimum atomic E-state index is -4.67. The van der Waals surface area contributed by atoms with Gasteiger partial charge in [0.05, 0.1) is 46.0 Å². The molecule has 1 N–H and O–H groups in total. The highest BCUT2D eigenvalue weighted by molar-refractivity contribution is 7.79. The molecule has 36 heavy (non-hydrogen) atoms. The van der Waals surface area contributed by atoms with Crippen LogP contribution in [-0.4, -0.2) is 27.7 Å². The molecular weight excluding hydrogens is 499 g/mol. The molecule has 1 atom stereocenters. The minimum absolute atomic E-state index is 0.0653. The summed E-state index contributed by atoms with van der Waals surface area (Å²) in [5, 5.41) is 13.2. The molecular formula is C23H16F3N5O4S. The van der Waals surface area contributed by atoms with E-state index in [-0.39, 0.29) is 27.5 Å². The SMILES string of the molecule is Cc1c(-c2c(S(=O)O)cnn2-c2ccc(C#N)cc2)c(=O)n(C)c(=O)n1-c1cccc(C(F)(F)F)c1. The van der Waals surface area contributed by atoms with E-state index < -0.39 is 34.1 Å². The maximum absolute atomic E-state index is 13.3. The van der Waals surface area contributed by atoms with Gasteiger partial charge in [-0.3, -0.25) is 13.9 Å². The van der Waals surface area contributed by atoms with E-state index in [0.717, 1.165) is 36.0 Å². The molecule has 13 heteroatoms. The first kappa shape index (κ1) is 24.8. The van der Waals surface area contributed by atoms with E-state index in [1.54, 1.807) is 0 Å². The van der Waals surface area contributed by atoms with Gasteiger partial charge in [0.1, 0.15) is 4.90 Å². The number of hydrogen-bond acceptors (Lipinski definition) is 5. The summed E-state index contributed by atoms with van der Waals surface area (Å²) < 4.78 is 64.8. The van der Waals surface area contributed by atoms with Gasteiger partial charge in [0.2, 0.25) is 0 Å². The van der Waals surface area contributed by atoms with E-state index in [1.165, 1.54) is 41.9 Å². The fraction of sp³-hybridized carbons (Fsp3) is 0.130. The van der Waals surface area contributed by atoms with Crippen LogP contribution in [0.15, 0.2) is 69.2 Å². The summed E-state index contributed by atoms with van der Waals surface area (Å²) in [5.41, 5.74) is -2.64. The zero-order chi connectivity index (χ0) is 26.4. The van der Waals surface area contributed by atoms with E-state index in [2.05, 4.69) is 5.10 Å². The first-order chi connectivity index (χ1) is 17.0. The Bertz CT molecular complexity index is 1680. The van der Waals surface area contributed by atoms with Crippen molar-refractivity contribution >= 4 is 11.1 Å². The van der Waals surface area contributed by atoms with Gasteiger partial charge in [0.15, 0.2) is 11.1 Å². The Balaban J connectivity index is 2.08. The largest absolute Gasteiger partial charge is 0.416 e. The lowest BCUT2D eigenvalue weighted by molar-refractivity contribution is -0.137. The van der Waals surface area contributed by atoms with Gasteiger partial charge in [0.25, 0.3) is 5.56 Å². The molecule has 2 heterocycles. The van der Waals surface area contributed by atoms with Crippen molar-refractivity contribution in [2.75, 3.05) is 0 Å². The third-order valence-corrected chi connectivity index (χ3v) is 6.20. The van der Waals surface area contributed by atoms with Crippen molar-refractivity contribution in [1.82, 2.24) is 18.9 Å². The number of rotatable bonds is 4. The Morgan fingerprint density at radius 3 is 2.33 bits per heavy atom. The van der Waals surface area contributed by atoms with Crippen LogP contribution in [0, 0.1) is 18.3 Å². The first-order valence-electron chi connectivity index (χ1n) is 10.2. The van der Waals surface area contributed by atoms with Gasteiger partial charge in [-0.15, -0.1) is 0 Å². The van der Waals surface area contributed by atoms with Crippen LogP contribution >= 0.6 is 0 Å². The van der Waals surface area contributed by atoms with Crippen LogP contribution in [0.4, 0.5) is 13.2 Å². The number of benzene rings is 2. The van der Waals surface area contributed by atoms with E-state index in [1.807, 2.05) is 6.07 Å². The Hall–Kier alpha value is -4.28. The zero-order valence-electron chi connectivity index (χ0n) is 18.6. The van der Waals surface area contributed by atoms with Gasteiger partial charge in [0, 0.05) is 12.7 Å². The van der Waals surface area contributed by atoms with Gasteiger partial charge in [-0.25, -0.2) is 13.7 Å². The third kappa shape index (κ3) is 4.16. The number of nitriles is 1. The maximum Gasteiger partial charge on any atom is 0.416 e.